The van der Waals surface area contributed by atoms with Crippen LogP contribution in [0.15, 0.2) is 65.3 Å². The zero-order valence-electron chi connectivity index (χ0n) is 15.9. The average Bonchev–Trinajstić information content (AvgIpc) is 2.87. The molecule has 2 N–H and O–H groups in total. The molecule has 0 fully saturated rings. The van der Waals surface area contributed by atoms with Gasteiger partial charge in [0.1, 0.15) is 0 Å². The predicted octanol–water partition coefficient (Wildman–Crippen LogP) is 5.00. The smallest absolute Gasteiger partial charge is 0.311 e. The summed E-state index contributed by atoms with van der Waals surface area (Å²) < 4.78 is 4.77. The molecule has 150 valence electrons. The summed E-state index contributed by atoms with van der Waals surface area (Å²) in [6.07, 6.45) is 1.85. The second-order valence-electron chi connectivity index (χ2n) is 6.27. The number of carbonyl (C=O) groups excluding carboxylic acids is 2. The molecule has 0 aromatic heterocycles. The van der Waals surface area contributed by atoms with Crippen molar-refractivity contribution >= 4 is 57.3 Å². The first kappa shape index (κ1) is 21.0. The summed E-state index contributed by atoms with van der Waals surface area (Å²) in [5, 5.41) is 6.90. The highest BCUT2D eigenvalue weighted by Crippen LogP contribution is 2.32. The summed E-state index contributed by atoms with van der Waals surface area (Å²) in [7, 11) is 1.35. The third-order valence-electron chi connectivity index (χ3n) is 4.07. The number of benzene rings is 2. The number of aliphatic imine (C=N–C) groups is 1. The highest BCUT2D eigenvalue weighted by Gasteiger charge is 2.19. The molecule has 1 heterocycles. The number of para-hydroxylation sites is 2. The third kappa shape index (κ3) is 5.85. The zero-order valence-corrected chi connectivity index (χ0v) is 17.5. The van der Waals surface area contributed by atoms with Crippen molar-refractivity contribution in [1.29, 1.82) is 0 Å². The van der Waals surface area contributed by atoms with Crippen LogP contribution < -0.4 is 10.6 Å². The van der Waals surface area contributed by atoms with Crippen LogP contribution >= 0.6 is 23.4 Å². The molecule has 3 rings (SSSR count). The minimum absolute atomic E-state index is 0.0791. The Bertz CT molecular complexity index is 973. The second kappa shape index (κ2) is 9.62. The van der Waals surface area contributed by atoms with E-state index in [1.807, 2.05) is 24.3 Å². The van der Waals surface area contributed by atoms with Crippen LogP contribution in [-0.4, -0.2) is 29.3 Å². The van der Waals surface area contributed by atoms with E-state index in [0.29, 0.717) is 21.5 Å². The number of amides is 1. The molecule has 2 aromatic carbocycles. The summed E-state index contributed by atoms with van der Waals surface area (Å²) in [5.74, 6) is -0.519. The van der Waals surface area contributed by atoms with Gasteiger partial charge in [0.25, 0.3) is 0 Å². The Morgan fingerprint density at radius 2 is 1.93 bits per heavy atom. The second-order valence-corrected chi connectivity index (χ2v) is 8.07. The van der Waals surface area contributed by atoms with Gasteiger partial charge in [-0.1, -0.05) is 35.5 Å². The molecule has 0 saturated carbocycles. The van der Waals surface area contributed by atoms with Crippen LogP contribution in [0.2, 0.25) is 5.02 Å². The Balaban J connectivity index is 1.77. The quantitative estimate of drug-likeness (QED) is 0.653. The Morgan fingerprint density at radius 3 is 2.66 bits per heavy atom. The minimum atomic E-state index is -0.412. The maximum absolute atomic E-state index is 12.6. The third-order valence-corrected chi connectivity index (χ3v) is 5.34. The van der Waals surface area contributed by atoms with Gasteiger partial charge < -0.3 is 15.4 Å². The molecule has 1 amide bonds. The van der Waals surface area contributed by atoms with E-state index in [9.17, 15) is 9.59 Å². The van der Waals surface area contributed by atoms with Crippen LogP contribution in [0.25, 0.3) is 0 Å². The molecule has 6 nitrogen and oxygen atoms in total. The maximum atomic E-state index is 12.6. The number of hydrogen-bond donors (Lipinski definition) is 2. The fourth-order valence-electron chi connectivity index (χ4n) is 2.58. The zero-order chi connectivity index (χ0) is 20.8. The van der Waals surface area contributed by atoms with E-state index in [1.165, 1.54) is 18.9 Å². The highest BCUT2D eigenvalue weighted by molar-refractivity contribution is 8.15. The molecule has 0 bridgehead atoms. The number of fused-ring (bicyclic) bond motifs is 1. The van der Waals surface area contributed by atoms with Gasteiger partial charge in [0, 0.05) is 16.4 Å². The van der Waals surface area contributed by atoms with Gasteiger partial charge in [-0.2, -0.15) is 0 Å². The first-order valence-electron chi connectivity index (χ1n) is 8.90. The summed E-state index contributed by atoms with van der Waals surface area (Å²) in [4.78, 5) is 29.0. The largest absolute Gasteiger partial charge is 0.469 e. The molecular weight excluding hydrogens is 410 g/mol. The first-order valence-corrected chi connectivity index (χ1v) is 10.2. The molecule has 1 aliphatic heterocycles. The van der Waals surface area contributed by atoms with Gasteiger partial charge >= 0.3 is 5.97 Å². The highest BCUT2D eigenvalue weighted by atomic mass is 35.5. The standard InChI is InChI=1S/C21H20ClN3O3S/c1-13(21(27)24-15-9-7-14(22)8-10-15)29-19-11-16(12-20(26)28-2)23-17-5-3-4-6-18(17)25-19/h3-11,13,23H,12H2,1-2H3,(H,24,27)/t13-/m0/s1. The van der Waals surface area contributed by atoms with Crippen molar-refractivity contribution in [2.75, 3.05) is 17.7 Å². The molecule has 0 spiro atoms. The molecule has 1 aliphatic rings. The number of rotatable bonds is 5. The molecule has 0 radical (unpaired) electrons. The summed E-state index contributed by atoms with van der Waals surface area (Å²) >= 11 is 7.19. The number of nitrogens with one attached hydrogen (secondary N) is 2. The predicted molar refractivity (Wildman–Crippen MR) is 119 cm³/mol. The fraction of sp³-hybridized carbons (Fsp3) is 0.190. The lowest BCUT2D eigenvalue weighted by molar-refractivity contribution is -0.139. The van der Waals surface area contributed by atoms with Crippen molar-refractivity contribution in [3.05, 3.63) is 65.3 Å². The lowest BCUT2D eigenvalue weighted by Gasteiger charge is -2.12. The molecular formula is C21H20ClN3O3S. The summed E-state index contributed by atoms with van der Waals surface area (Å²) in [5.41, 5.74) is 2.84. The van der Waals surface area contributed by atoms with Crippen LogP contribution in [0.4, 0.5) is 17.1 Å². The van der Waals surface area contributed by atoms with Crippen molar-refractivity contribution in [2.45, 2.75) is 18.6 Å². The number of methoxy groups -OCH3 is 1. The Morgan fingerprint density at radius 1 is 1.21 bits per heavy atom. The van der Waals surface area contributed by atoms with Crippen LogP contribution in [0.3, 0.4) is 0 Å². The van der Waals surface area contributed by atoms with Crippen molar-refractivity contribution in [1.82, 2.24) is 0 Å². The van der Waals surface area contributed by atoms with Crippen molar-refractivity contribution < 1.29 is 14.3 Å². The lowest BCUT2D eigenvalue weighted by atomic mass is 10.2. The monoisotopic (exact) mass is 429 g/mol. The molecule has 29 heavy (non-hydrogen) atoms. The van der Waals surface area contributed by atoms with Gasteiger partial charge in [0.15, 0.2) is 0 Å². The Labute approximate surface area is 178 Å². The van der Waals surface area contributed by atoms with Gasteiger partial charge in [-0.05, 0) is 49.4 Å². The van der Waals surface area contributed by atoms with E-state index in [4.69, 9.17) is 16.3 Å². The van der Waals surface area contributed by atoms with E-state index in [1.54, 1.807) is 37.3 Å². The van der Waals surface area contributed by atoms with Crippen LogP contribution in [0.1, 0.15) is 13.3 Å². The topological polar surface area (TPSA) is 79.8 Å². The van der Waals surface area contributed by atoms with Crippen molar-refractivity contribution in [3.63, 3.8) is 0 Å². The van der Waals surface area contributed by atoms with Gasteiger partial charge in [-0.15, -0.1) is 0 Å². The number of thioether (sulfide) groups is 1. The summed E-state index contributed by atoms with van der Waals surface area (Å²) in [6, 6.07) is 14.4. The fourth-order valence-corrected chi connectivity index (χ4v) is 3.60. The van der Waals surface area contributed by atoms with Gasteiger partial charge in [-0.25, -0.2) is 4.99 Å². The number of esters is 1. The van der Waals surface area contributed by atoms with E-state index < -0.39 is 5.25 Å². The SMILES string of the molecule is COC(=O)CC1=CC(S[C@@H](C)C(=O)Nc2ccc(Cl)cc2)=Nc2ccccc2N1. The molecule has 8 heteroatoms. The molecule has 0 aliphatic carbocycles. The van der Waals surface area contributed by atoms with Crippen LogP contribution in [0, 0.1) is 0 Å². The molecule has 1 atom stereocenters. The van der Waals surface area contributed by atoms with Crippen molar-refractivity contribution in [3.8, 4) is 0 Å². The molecule has 2 aromatic rings. The number of halogens is 1. The number of ether oxygens (including phenoxy) is 1. The van der Waals surface area contributed by atoms with Gasteiger partial charge in [0.05, 0.1) is 35.2 Å². The normalized spacial score (nSPS) is 13.8. The number of hydrogen-bond acceptors (Lipinski definition) is 6. The Kier molecular flexibility index (Phi) is 6.95. The Hall–Kier alpha value is -2.77. The molecule has 0 saturated heterocycles. The number of carbonyl (C=O) groups is 2. The first-order chi connectivity index (χ1) is 13.9. The maximum Gasteiger partial charge on any atom is 0.311 e. The van der Waals surface area contributed by atoms with Gasteiger partial charge in [-0.3, -0.25) is 9.59 Å². The van der Waals surface area contributed by atoms with E-state index >= 15 is 0 Å². The number of anilines is 2. The minimum Gasteiger partial charge on any atom is -0.469 e. The number of nitrogens with zero attached hydrogens (tertiary/aromatic N) is 1. The van der Waals surface area contributed by atoms with E-state index in [-0.39, 0.29) is 18.3 Å². The van der Waals surface area contributed by atoms with E-state index in [2.05, 4.69) is 15.6 Å². The van der Waals surface area contributed by atoms with Crippen LogP contribution in [-0.2, 0) is 14.3 Å². The summed E-state index contributed by atoms with van der Waals surface area (Å²) in [6.45, 7) is 1.80. The van der Waals surface area contributed by atoms with Crippen molar-refractivity contribution in [2.24, 2.45) is 4.99 Å². The van der Waals surface area contributed by atoms with Gasteiger partial charge in [0.2, 0.25) is 5.91 Å². The van der Waals surface area contributed by atoms with E-state index in [0.717, 1.165) is 11.4 Å². The average molecular weight is 430 g/mol. The molecule has 0 unspecified atom stereocenters. The lowest BCUT2D eigenvalue weighted by Crippen LogP contribution is -2.23. The van der Waals surface area contributed by atoms with Crippen LogP contribution in [0.5, 0.6) is 0 Å².